The topological polar surface area (TPSA) is 84.6 Å². The quantitative estimate of drug-likeness (QED) is 0.589. The summed E-state index contributed by atoms with van der Waals surface area (Å²) in [5, 5.41) is 7.64. The molecular formula is C18H20ClF3N4O3S2. The number of hydrogen-bond acceptors (Lipinski definition) is 6. The van der Waals surface area contributed by atoms with Crippen LogP contribution < -0.4 is 0 Å². The molecule has 31 heavy (non-hydrogen) atoms. The number of amides is 1. The second kappa shape index (κ2) is 8.43. The van der Waals surface area contributed by atoms with E-state index in [1.807, 2.05) is 0 Å². The number of hydrogen-bond donors (Lipinski definition) is 0. The molecule has 0 unspecified atom stereocenters. The summed E-state index contributed by atoms with van der Waals surface area (Å²) in [5.74, 6) is -0.302. The molecule has 2 aliphatic rings. The van der Waals surface area contributed by atoms with Gasteiger partial charge < -0.3 is 4.90 Å². The number of rotatable bonds is 5. The Balaban J connectivity index is 1.55. The molecule has 1 saturated heterocycles. The first-order chi connectivity index (χ1) is 14.5. The standard InChI is InChI=1S/C18H20ClF3N4O3S2/c19-14-7-11(18(20,21)22)8-25-16(14)23-24-17(25)30-9-15(27)26(12-3-1-2-4-12)13-5-6-31(28,29)10-13/h7-8,12-13H,1-6,9-10H2/t13-/m0/s1. The molecule has 2 aromatic heterocycles. The molecule has 0 spiro atoms. The van der Waals surface area contributed by atoms with Crippen LogP contribution in [0.5, 0.6) is 0 Å². The first-order valence-corrected chi connectivity index (χ1v) is 13.0. The molecule has 0 bridgehead atoms. The van der Waals surface area contributed by atoms with Crippen molar-refractivity contribution in [2.75, 3.05) is 17.3 Å². The van der Waals surface area contributed by atoms with Crippen LogP contribution in [0.2, 0.25) is 5.02 Å². The Bertz CT molecular complexity index is 1100. The van der Waals surface area contributed by atoms with Gasteiger partial charge in [0.15, 0.2) is 20.6 Å². The van der Waals surface area contributed by atoms with Crippen LogP contribution in [-0.4, -0.2) is 63.2 Å². The molecule has 13 heteroatoms. The highest BCUT2D eigenvalue weighted by Gasteiger charge is 2.39. The second-order valence-corrected chi connectivity index (χ2v) is 11.4. The van der Waals surface area contributed by atoms with Crippen LogP contribution in [0.25, 0.3) is 5.65 Å². The van der Waals surface area contributed by atoms with E-state index in [1.54, 1.807) is 4.90 Å². The van der Waals surface area contributed by atoms with Gasteiger partial charge >= 0.3 is 6.18 Å². The van der Waals surface area contributed by atoms with Crippen LogP contribution in [0.3, 0.4) is 0 Å². The molecule has 1 atom stereocenters. The van der Waals surface area contributed by atoms with Gasteiger partial charge in [-0.25, -0.2) is 8.42 Å². The SMILES string of the molecule is O=C(CSc1nnc2c(Cl)cc(C(F)(F)F)cn12)N(C1CCCC1)[C@H]1CCS(=O)(=O)C1. The Morgan fingerprint density at radius 3 is 2.55 bits per heavy atom. The molecule has 3 heterocycles. The molecule has 0 aromatic carbocycles. The summed E-state index contributed by atoms with van der Waals surface area (Å²) < 4.78 is 64.4. The average Bonchev–Trinajstić information content (AvgIpc) is 3.40. The van der Waals surface area contributed by atoms with Gasteiger partial charge in [-0.15, -0.1) is 10.2 Å². The molecule has 170 valence electrons. The van der Waals surface area contributed by atoms with Gasteiger partial charge in [-0.3, -0.25) is 9.20 Å². The molecule has 7 nitrogen and oxygen atoms in total. The van der Waals surface area contributed by atoms with Crippen LogP contribution >= 0.6 is 23.4 Å². The number of aromatic nitrogens is 3. The molecule has 1 amide bonds. The Morgan fingerprint density at radius 2 is 1.94 bits per heavy atom. The van der Waals surface area contributed by atoms with Crippen LogP contribution in [0.15, 0.2) is 17.4 Å². The highest BCUT2D eigenvalue weighted by atomic mass is 35.5. The Morgan fingerprint density at radius 1 is 1.23 bits per heavy atom. The number of pyridine rings is 1. The normalized spacial score (nSPS) is 21.7. The fourth-order valence-corrected chi connectivity index (χ4v) is 7.01. The highest BCUT2D eigenvalue weighted by molar-refractivity contribution is 7.99. The van der Waals surface area contributed by atoms with Gasteiger partial charge in [0.25, 0.3) is 0 Å². The zero-order valence-electron chi connectivity index (χ0n) is 16.3. The Kier molecular flexibility index (Phi) is 6.16. The van der Waals surface area contributed by atoms with E-state index in [4.69, 9.17) is 11.6 Å². The minimum atomic E-state index is -4.59. The van der Waals surface area contributed by atoms with Crippen molar-refractivity contribution in [3.63, 3.8) is 0 Å². The first kappa shape index (κ1) is 22.7. The maximum absolute atomic E-state index is 13.1. The van der Waals surface area contributed by atoms with Gasteiger partial charge in [-0.2, -0.15) is 13.2 Å². The number of alkyl halides is 3. The van der Waals surface area contributed by atoms with Crippen molar-refractivity contribution in [1.29, 1.82) is 0 Å². The molecule has 4 rings (SSSR count). The molecule has 2 fully saturated rings. The summed E-state index contributed by atoms with van der Waals surface area (Å²) in [6, 6.07) is 0.420. The van der Waals surface area contributed by atoms with Gasteiger partial charge in [-0.1, -0.05) is 36.2 Å². The van der Waals surface area contributed by atoms with Crippen molar-refractivity contribution >= 4 is 44.8 Å². The minimum absolute atomic E-state index is 0.00665. The van der Waals surface area contributed by atoms with Crippen LogP contribution in [0, 0.1) is 0 Å². The lowest BCUT2D eigenvalue weighted by molar-refractivity contribution is -0.138. The number of nitrogens with zero attached hydrogens (tertiary/aromatic N) is 4. The number of fused-ring (bicyclic) bond motifs is 1. The van der Waals surface area contributed by atoms with Gasteiger partial charge in [0, 0.05) is 18.3 Å². The van der Waals surface area contributed by atoms with Crippen molar-refractivity contribution < 1.29 is 26.4 Å². The lowest BCUT2D eigenvalue weighted by Crippen LogP contribution is -2.47. The molecule has 2 aromatic rings. The minimum Gasteiger partial charge on any atom is -0.335 e. The average molecular weight is 497 g/mol. The number of halogens is 4. The van der Waals surface area contributed by atoms with E-state index in [2.05, 4.69) is 10.2 Å². The van der Waals surface area contributed by atoms with Crippen LogP contribution in [0.1, 0.15) is 37.7 Å². The zero-order chi connectivity index (χ0) is 22.4. The summed E-state index contributed by atoms with van der Waals surface area (Å²) in [5.41, 5.74) is -0.874. The fourth-order valence-electron chi connectivity index (χ4n) is 4.27. The molecular weight excluding hydrogens is 477 g/mol. The summed E-state index contributed by atoms with van der Waals surface area (Å²) >= 11 is 6.89. The predicted octanol–water partition coefficient (Wildman–Crippen LogP) is 3.45. The van der Waals surface area contributed by atoms with Crippen molar-refractivity contribution in [2.24, 2.45) is 0 Å². The molecule has 1 saturated carbocycles. The number of carbonyl (C=O) groups excluding carboxylic acids is 1. The van der Waals surface area contributed by atoms with E-state index < -0.39 is 21.6 Å². The van der Waals surface area contributed by atoms with Gasteiger partial charge in [0.2, 0.25) is 5.91 Å². The van der Waals surface area contributed by atoms with E-state index >= 15 is 0 Å². The van der Waals surface area contributed by atoms with Gasteiger partial charge in [-0.05, 0) is 25.3 Å². The Labute approximate surface area is 186 Å². The smallest absolute Gasteiger partial charge is 0.335 e. The summed E-state index contributed by atoms with van der Waals surface area (Å²) in [6.45, 7) is 0. The molecule has 1 aliphatic carbocycles. The third-order valence-corrected chi connectivity index (χ3v) is 8.64. The molecule has 0 N–H and O–H groups in total. The van der Waals surface area contributed by atoms with Crippen molar-refractivity contribution in [2.45, 2.75) is 55.5 Å². The summed E-state index contributed by atoms with van der Waals surface area (Å²) in [4.78, 5) is 14.8. The highest BCUT2D eigenvalue weighted by Crippen LogP contribution is 2.34. The maximum Gasteiger partial charge on any atom is 0.417 e. The number of carbonyl (C=O) groups is 1. The first-order valence-electron chi connectivity index (χ1n) is 9.81. The molecule has 0 radical (unpaired) electrons. The van der Waals surface area contributed by atoms with Crippen LogP contribution in [-0.2, 0) is 20.8 Å². The van der Waals surface area contributed by atoms with Gasteiger partial charge in [0.05, 0.1) is 27.8 Å². The van der Waals surface area contributed by atoms with Gasteiger partial charge in [0.1, 0.15) is 0 Å². The number of sulfone groups is 1. The second-order valence-electron chi connectivity index (χ2n) is 7.84. The van der Waals surface area contributed by atoms with Crippen molar-refractivity contribution in [1.82, 2.24) is 19.5 Å². The van der Waals surface area contributed by atoms with E-state index in [9.17, 15) is 26.4 Å². The lowest BCUT2D eigenvalue weighted by atomic mass is 10.1. The summed E-state index contributed by atoms with van der Waals surface area (Å²) in [7, 11) is -3.16. The zero-order valence-corrected chi connectivity index (χ0v) is 18.7. The van der Waals surface area contributed by atoms with E-state index in [0.29, 0.717) is 6.42 Å². The monoisotopic (exact) mass is 496 g/mol. The third kappa shape index (κ3) is 4.80. The van der Waals surface area contributed by atoms with E-state index in [1.165, 1.54) is 0 Å². The lowest BCUT2D eigenvalue weighted by Gasteiger charge is -2.34. The molecule has 1 aliphatic heterocycles. The van der Waals surface area contributed by atoms with E-state index in [-0.39, 0.29) is 51.1 Å². The maximum atomic E-state index is 13.1. The van der Waals surface area contributed by atoms with Crippen LogP contribution in [0.4, 0.5) is 13.2 Å². The Hall–Kier alpha value is -1.53. The fraction of sp³-hybridized carbons (Fsp3) is 0.611. The van der Waals surface area contributed by atoms with E-state index in [0.717, 1.165) is 54.1 Å². The van der Waals surface area contributed by atoms with Crippen molar-refractivity contribution in [3.8, 4) is 0 Å². The van der Waals surface area contributed by atoms with Crippen molar-refractivity contribution in [3.05, 3.63) is 22.8 Å². The number of thioether (sulfide) groups is 1. The predicted molar refractivity (Wildman–Crippen MR) is 110 cm³/mol. The third-order valence-electron chi connectivity index (χ3n) is 5.69. The summed E-state index contributed by atoms with van der Waals surface area (Å²) in [6.07, 6.45) is 0.285. The largest absolute Gasteiger partial charge is 0.417 e.